The van der Waals surface area contributed by atoms with Gasteiger partial charge in [0.2, 0.25) is 5.91 Å². The number of carboxylic acid groups (broad SMARTS) is 1. The van der Waals surface area contributed by atoms with Gasteiger partial charge in [0.05, 0.1) is 22.6 Å². The zero-order valence-electron chi connectivity index (χ0n) is 29.4. The molecule has 14 heteroatoms. The minimum absolute atomic E-state index is 0.0112. The topological polar surface area (TPSA) is 177 Å². The fourth-order valence-corrected chi connectivity index (χ4v) is 8.64. The molecule has 0 spiro atoms. The number of ether oxygens (including phenoxy) is 1. The van der Waals surface area contributed by atoms with Crippen molar-refractivity contribution in [1.82, 2.24) is 13.9 Å². The lowest BCUT2D eigenvalue weighted by molar-refractivity contribution is -0.139. The number of hydrogen-bond donors (Lipinski definition) is 2. The average Bonchev–Trinajstić information content (AvgIpc) is 3.73. The van der Waals surface area contributed by atoms with E-state index in [0.29, 0.717) is 27.8 Å². The van der Waals surface area contributed by atoms with Crippen LogP contribution < -0.4 is 5.32 Å². The molecule has 0 bridgehead atoms. The van der Waals surface area contributed by atoms with E-state index < -0.39 is 52.3 Å². The molecule has 0 radical (unpaired) electrons. The molecule has 5 aromatic rings. The number of nitrogens with one attached hydrogen (secondary N) is 1. The molecule has 1 aliphatic rings. The number of aryl methyl sites for hydroxylation is 3. The number of carbonyl (C=O) groups is 4. The maximum Gasteiger partial charge on any atom is 0.416 e. The summed E-state index contributed by atoms with van der Waals surface area (Å²) in [5.74, 6) is -3.86. The van der Waals surface area contributed by atoms with E-state index >= 15 is 0 Å². The highest BCUT2D eigenvalue weighted by Crippen LogP contribution is 2.37. The number of hydrogen-bond acceptors (Lipinski definition) is 9. The van der Waals surface area contributed by atoms with Crippen LogP contribution in [0.2, 0.25) is 0 Å². The Labute approximate surface area is 306 Å². The number of aliphatic carboxylic acids is 1. The summed E-state index contributed by atoms with van der Waals surface area (Å²) in [5, 5.41) is 14.0. The second-order valence-electron chi connectivity index (χ2n) is 12.8. The predicted molar refractivity (Wildman–Crippen MR) is 198 cm³/mol. The normalized spacial score (nSPS) is 14.5. The number of fused-ring (bicyclic) bond motifs is 1. The Balaban J connectivity index is 1.49. The average molecular weight is 736 g/mol. The van der Waals surface area contributed by atoms with Crippen molar-refractivity contribution in [3.05, 3.63) is 125 Å². The first-order valence-electron chi connectivity index (χ1n) is 16.8. The molecular weight excluding hydrogens is 699 g/mol. The van der Waals surface area contributed by atoms with Crippen molar-refractivity contribution in [3.63, 3.8) is 0 Å². The van der Waals surface area contributed by atoms with Crippen molar-refractivity contribution in [1.29, 1.82) is 0 Å². The van der Waals surface area contributed by atoms with Gasteiger partial charge in [-0.2, -0.15) is 0 Å². The number of carbonyl (C=O) groups excluding carboxylic acids is 3. The van der Waals surface area contributed by atoms with E-state index in [9.17, 15) is 32.7 Å². The number of aromatic nitrogens is 2. The number of nitrogens with zero attached hydrogens (tertiary/aromatic N) is 4. The van der Waals surface area contributed by atoms with Crippen molar-refractivity contribution >= 4 is 56.2 Å². The fraction of sp³-hybridized carbons (Fsp3) is 0.231. The van der Waals surface area contributed by atoms with Crippen LogP contribution in [-0.4, -0.2) is 76.2 Å². The van der Waals surface area contributed by atoms with Crippen molar-refractivity contribution in [3.8, 4) is 0 Å². The van der Waals surface area contributed by atoms with Crippen LogP contribution in [0.5, 0.6) is 0 Å². The Bertz CT molecular complexity index is 2380. The van der Waals surface area contributed by atoms with Crippen LogP contribution in [0, 0.1) is 20.8 Å². The van der Waals surface area contributed by atoms with E-state index in [2.05, 4.69) is 15.3 Å². The van der Waals surface area contributed by atoms with Gasteiger partial charge in [-0.05, 0) is 68.7 Å². The molecule has 6 rings (SSSR count). The summed E-state index contributed by atoms with van der Waals surface area (Å²) < 4.78 is 35.0. The lowest BCUT2D eigenvalue weighted by atomic mass is 9.87. The van der Waals surface area contributed by atoms with Gasteiger partial charge in [0.15, 0.2) is 6.04 Å². The van der Waals surface area contributed by atoms with Crippen LogP contribution in [0.4, 0.5) is 10.5 Å². The van der Waals surface area contributed by atoms with Crippen LogP contribution in [0.25, 0.3) is 10.9 Å². The highest BCUT2D eigenvalue weighted by atomic mass is 32.2. The number of rotatable bonds is 11. The van der Waals surface area contributed by atoms with Crippen molar-refractivity contribution < 1.29 is 37.4 Å². The fourth-order valence-electron chi connectivity index (χ4n) is 6.84. The predicted octanol–water partition coefficient (Wildman–Crippen LogP) is 5.87. The minimum atomic E-state index is -4.24. The molecular formula is C39H37N5O8S. The number of para-hydroxylation sites is 2. The van der Waals surface area contributed by atoms with Crippen LogP contribution in [-0.2, 0) is 24.3 Å². The summed E-state index contributed by atoms with van der Waals surface area (Å²) in [6.45, 7) is 6.85. The van der Waals surface area contributed by atoms with Gasteiger partial charge < -0.3 is 15.2 Å². The van der Waals surface area contributed by atoms with Crippen LogP contribution in [0.3, 0.4) is 0 Å². The Hall–Kier alpha value is -6.15. The molecule has 2 aromatic heterocycles. The molecule has 1 aliphatic heterocycles. The Morgan fingerprint density at radius 3 is 2.32 bits per heavy atom. The third kappa shape index (κ3) is 7.31. The Morgan fingerprint density at radius 2 is 1.66 bits per heavy atom. The number of imide groups is 1. The van der Waals surface area contributed by atoms with Crippen LogP contribution in [0.1, 0.15) is 57.6 Å². The lowest BCUT2D eigenvalue weighted by Gasteiger charge is -2.23. The van der Waals surface area contributed by atoms with Crippen molar-refractivity contribution in [2.45, 2.75) is 51.0 Å². The first kappa shape index (κ1) is 36.6. The van der Waals surface area contributed by atoms with Gasteiger partial charge in [-0.15, -0.1) is 0 Å². The molecule has 272 valence electrons. The summed E-state index contributed by atoms with van der Waals surface area (Å²) >= 11 is 0. The third-order valence-corrected chi connectivity index (χ3v) is 11.1. The molecule has 1 saturated heterocycles. The summed E-state index contributed by atoms with van der Waals surface area (Å²) in [7, 11) is -4.24. The number of cyclic esters (lactones) is 1. The largest absolute Gasteiger partial charge is 0.480 e. The van der Waals surface area contributed by atoms with Crippen molar-refractivity contribution in [2.75, 3.05) is 18.5 Å². The van der Waals surface area contributed by atoms with Crippen LogP contribution in [0.15, 0.2) is 101 Å². The molecule has 0 saturated carbocycles. The Kier molecular flexibility index (Phi) is 10.3. The first-order valence-corrected chi connectivity index (χ1v) is 18.2. The standard InChI is InChI=1S/C39H37N5O8S/c1-23-19-24(2)36(25(3)20-23)53(50,51)44-22-30(28-12-6-8-15-33(28)44)29(21-34(45)43-17-18-52-39(43)49)35(38(47)48)41-26(4)27-11-5-7-13-31(27)42-37(46)32-14-9-10-16-40-32/h5-16,19-20,22,29,35H,17-18,21H2,1-4H3,(H,42,46)(H,47,48)/t29-,35+/m1/s1. The number of carboxylic acids is 1. The minimum Gasteiger partial charge on any atom is -0.480 e. The van der Waals surface area contributed by atoms with Gasteiger partial charge in [0.25, 0.3) is 15.9 Å². The van der Waals surface area contributed by atoms with E-state index in [1.54, 1.807) is 99.6 Å². The van der Waals surface area contributed by atoms with Crippen LogP contribution >= 0.6 is 0 Å². The zero-order chi connectivity index (χ0) is 38.0. The number of anilines is 1. The molecule has 2 N–H and O–H groups in total. The first-order chi connectivity index (χ1) is 25.3. The third-order valence-electron chi connectivity index (χ3n) is 9.12. The van der Waals surface area contributed by atoms with Gasteiger partial charge in [-0.25, -0.2) is 26.9 Å². The summed E-state index contributed by atoms with van der Waals surface area (Å²) in [4.78, 5) is 62.2. The van der Waals surface area contributed by atoms with Gasteiger partial charge in [-0.3, -0.25) is 19.6 Å². The molecule has 3 aromatic carbocycles. The molecule has 1 fully saturated rings. The SMILES string of the molecule is CC(=N[C@H](C(=O)O)[C@H](CC(=O)N1CCOC1=O)c1cn(S(=O)(=O)c2c(C)cc(C)cc2C)c2ccccc12)c1ccccc1NC(=O)c1ccccn1. The monoisotopic (exact) mass is 735 g/mol. The second kappa shape index (κ2) is 14.8. The van der Waals surface area contributed by atoms with Gasteiger partial charge >= 0.3 is 12.1 Å². The summed E-state index contributed by atoms with van der Waals surface area (Å²) in [6.07, 6.45) is 1.46. The Morgan fingerprint density at radius 1 is 0.981 bits per heavy atom. The van der Waals surface area contributed by atoms with Crippen molar-refractivity contribution in [2.24, 2.45) is 4.99 Å². The quantitative estimate of drug-likeness (QED) is 0.157. The highest BCUT2D eigenvalue weighted by Gasteiger charge is 2.38. The number of pyridine rings is 1. The smallest absolute Gasteiger partial charge is 0.416 e. The molecule has 0 unspecified atom stereocenters. The maximum absolute atomic E-state index is 14.4. The molecule has 2 atom stereocenters. The molecule has 3 amide bonds. The van der Waals surface area contributed by atoms with E-state index in [-0.39, 0.29) is 40.5 Å². The van der Waals surface area contributed by atoms with E-state index in [4.69, 9.17) is 4.74 Å². The number of benzene rings is 3. The van der Waals surface area contributed by atoms with E-state index in [1.807, 2.05) is 6.92 Å². The maximum atomic E-state index is 14.4. The molecule has 13 nitrogen and oxygen atoms in total. The molecule has 3 heterocycles. The lowest BCUT2D eigenvalue weighted by Crippen LogP contribution is -2.36. The summed E-state index contributed by atoms with van der Waals surface area (Å²) in [6, 6.07) is 20.1. The van der Waals surface area contributed by atoms with Gasteiger partial charge in [0, 0.05) is 41.4 Å². The van der Waals surface area contributed by atoms with E-state index in [1.165, 1.54) is 12.4 Å². The van der Waals surface area contributed by atoms with Gasteiger partial charge in [0.1, 0.15) is 12.3 Å². The summed E-state index contributed by atoms with van der Waals surface area (Å²) in [5.41, 5.74) is 3.61. The number of amides is 3. The zero-order valence-corrected chi connectivity index (χ0v) is 30.3. The van der Waals surface area contributed by atoms with E-state index in [0.717, 1.165) is 14.4 Å². The highest BCUT2D eigenvalue weighted by molar-refractivity contribution is 7.90. The second-order valence-corrected chi connectivity index (χ2v) is 14.6. The number of aliphatic imine (C=N–C) groups is 1. The molecule has 0 aliphatic carbocycles. The molecule has 53 heavy (non-hydrogen) atoms. The van der Waals surface area contributed by atoms with Gasteiger partial charge in [-0.1, -0.05) is 60.2 Å².